The number of carbonyl (C=O) groups is 2. The number of hydrogen-bond acceptors (Lipinski definition) is 4. The van der Waals surface area contributed by atoms with Gasteiger partial charge >= 0.3 is 12.1 Å². The first-order valence-electron chi connectivity index (χ1n) is 12.9. The Bertz CT molecular complexity index is 1090. The first kappa shape index (κ1) is 22.3. The van der Waals surface area contributed by atoms with Crippen LogP contribution in [0.3, 0.4) is 0 Å². The van der Waals surface area contributed by atoms with E-state index in [1.54, 1.807) is 0 Å². The van der Waals surface area contributed by atoms with E-state index in [0.717, 1.165) is 55.6 Å². The molecular formula is C28H34N4O3. The van der Waals surface area contributed by atoms with Gasteiger partial charge in [0, 0.05) is 31.7 Å². The molecular weight excluding hydrogens is 440 g/mol. The van der Waals surface area contributed by atoms with Gasteiger partial charge in [0.15, 0.2) is 0 Å². The first-order chi connectivity index (χ1) is 17.0. The number of anilines is 2. The van der Waals surface area contributed by atoms with Crippen LogP contribution in [0.4, 0.5) is 21.0 Å². The van der Waals surface area contributed by atoms with Crippen LogP contribution in [0.1, 0.15) is 37.7 Å². The van der Waals surface area contributed by atoms with E-state index in [2.05, 4.69) is 28.6 Å². The molecule has 3 amide bonds. The lowest BCUT2D eigenvalue weighted by atomic mass is 9.51. The highest BCUT2D eigenvalue weighted by Gasteiger charge is 2.56. The lowest BCUT2D eigenvalue weighted by molar-refractivity contribution is -0.0419. The van der Waals surface area contributed by atoms with Crippen molar-refractivity contribution in [2.75, 3.05) is 29.9 Å². The highest BCUT2D eigenvalue weighted by Crippen LogP contribution is 2.55. The second kappa shape index (κ2) is 8.77. The molecule has 0 aromatic heterocycles. The Morgan fingerprint density at radius 1 is 0.943 bits per heavy atom. The maximum atomic E-state index is 13.4. The summed E-state index contributed by atoms with van der Waals surface area (Å²) in [6.07, 6.45) is 4.76. The number of alkyl carbamates (subject to hydrolysis) is 1. The van der Waals surface area contributed by atoms with Crippen molar-refractivity contribution in [3.63, 3.8) is 0 Å². The second-order valence-corrected chi connectivity index (χ2v) is 11.0. The van der Waals surface area contributed by atoms with E-state index in [4.69, 9.17) is 4.74 Å². The molecule has 4 fully saturated rings. The normalized spacial score (nSPS) is 30.5. The molecule has 4 bridgehead atoms. The summed E-state index contributed by atoms with van der Waals surface area (Å²) in [6, 6.07) is 18.1. The number of benzene rings is 2. The number of nitrogens with zero attached hydrogens (tertiary/aromatic N) is 2. The van der Waals surface area contributed by atoms with Crippen LogP contribution in [0.15, 0.2) is 54.6 Å². The van der Waals surface area contributed by atoms with Gasteiger partial charge in [0.25, 0.3) is 0 Å². The maximum Gasteiger partial charge on any atom is 0.407 e. The van der Waals surface area contributed by atoms with Gasteiger partial charge in [0.05, 0.1) is 11.4 Å². The van der Waals surface area contributed by atoms with Crippen molar-refractivity contribution in [1.82, 2.24) is 10.6 Å². The van der Waals surface area contributed by atoms with Crippen molar-refractivity contribution in [2.45, 2.75) is 50.3 Å². The summed E-state index contributed by atoms with van der Waals surface area (Å²) >= 11 is 0. The van der Waals surface area contributed by atoms with Gasteiger partial charge in [-0.3, -0.25) is 4.90 Å². The van der Waals surface area contributed by atoms with Crippen LogP contribution in [0.5, 0.6) is 0 Å². The first-order valence-corrected chi connectivity index (χ1v) is 12.9. The van der Waals surface area contributed by atoms with E-state index in [1.807, 2.05) is 53.4 Å². The molecule has 0 radical (unpaired) electrons. The standard InChI is InChI=1S/C28H34N4O3/c1-31-11-12-32(24-10-6-5-9-23(24)31)26(33)29-25-21-13-20-14-22(25)17-28(15-20,16-21)30-27(34)35-18-19-7-3-2-4-8-19/h2-10,20-22,25H,11-18H2,1H3,(H,29,33)(H,30,34)/t20?,21?,22?,25-,28+. The van der Waals surface area contributed by atoms with E-state index in [-0.39, 0.29) is 30.3 Å². The summed E-state index contributed by atoms with van der Waals surface area (Å²) in [6.45, 7) is 1.79. The van der Waals surface area contributed by atoms with Crippen LogP contribution in [0.2, 0.25) is 0 Å². The van der Waals surface area contributed by atoms with E-state index >= 15 is 0 Å². The number of ether oxygens (including phenoxy) is 1. The van der Waals surface area contributed by atoms with Crippen LogP contribution in [0.25, 0.3) is 0 Å². The minimum Gasteiger partial charge on any atom is -0.445 e. The average Bonchev–Trinajstić information content (AvgIpc) is 2.85. The third kappa shape index (κ3) is 4.21. The van der Waals surface area contributed by atoms with Crippen molar-refractivity contribution in [1.29, 1.82) is 0 Å². The van der Waals surface area contributed by atoms with Gasteiger partial charge in [-0.15, -0.1) is 0 Å². The Morgan fingerprint density at radius 2 is 1.63 bits per heavy atom. The molecule has 2 atom stereocenters. The van der Waals surface area contributed by atoms with Crippen molar-refractivity contribution in [3.05, 3.63) is 60.2 Å². The minimum atomic E-state index is -0.328. The van der Waals surface area contributed by atoms with Gasteiger partial charge in [0.1, 0.15) is 6.61 Å². The van der Waals surface area contributed by atoms with Gasteiger partial charge in [-0.1, -0.05) is 42.5 Å². The summed E-state index contributed by atoms with van der Waals surface area (Å²) in [5.41, 5.74) is 2.85. The van der Waals surface area contributed by atoms with Crippen LogP contribution >= 0.6 is 0 Å². The van der Waals surface area contributed by atoms with E-state index in [0.29, 0.717) is 24.3 Å². The molecule has 7 nitrogen and oxygen atoms in total. The average molecular weight is 475 g/mol. The number of urea groups is 1. The summed E-state index contributed by atoms with van der Waals surface area (Å²) < 4.78 is 5.55. The maximum absolute atomic E-state index is 13.4. The molecule has 4 aliphatic carbocycles. The summed E-state index contributed by atoms with van der Waals surface area (Å²) in [4.78, 5) is 30.2. The van der Waals surface area contributed by atoms with Gasteiger partial charge in [-0.25, -0.2) is 9.59 Å². The fourth-order valence-corrected chi connectivity index (χ4v) is 7.33. The van der Waals surface area contributed by atoms with E-state index in [9.17, 15) is 9.59 Å². The highest BCUT2D eigenvalue weighted by atomic mass is 16.5. The van der Waals surface area contributed by atoms with Crippen molar-refractivity contribution in [2.24, 2.45) is 17.8 Å². The molecule has 2 unspecified atom stereocenters. The number of hydrogen-bond donors (Lipinski definition) is 2. The lowest BCUT2D eigenvalue weighted by Gasteiger charge is -2.60. The molecule has 1 aliphatic heterocycles. The molecule has 35 heavy (non-hydrogen) atoms. The molecule has 2 N–H and O–H groups in total. The minimum absolute atomic E-state index is 0.00676. The predicted molar refractivity (Wildman–Crippen MR) is 135 cm³/mol. The number of fused-ring (bicyclic) bond motifs is 1. The third-order valence-corrected chi connectivity index (χ3v) is 8.63. The Morgan fingerprint density at radius 3 is 2.37 bits per heavy atom. The summed E-state index contributed by atoms with van der Waals surface area (Å²) in [5, 5.41) is 6.69. The molecule has 7 rings (SSSR count). The third-order valence-electron chi connectivity index (χ3n) is 8.63. The van der Waals surface area contributed by atoms with Crippen LogP contribution in [-0.2, 0) is 11.3 Å². The quantitative estimate of drug-likeness (QED) is 0.683. The largest absolute Gasteiger partial charge is 0.445 e. The van der Waals surface area contributed by atoms with Gasteiger partial charge < -0.3 is 20.3 Å². The number of amides is 3. The van der Waals surface area contributed by atoms with Crippen LogP contribution in [0, 0.1) is 17.8 Å². The molecule has 2 aromatic rings. The zero-order valence-electron chi connectivity index (χ0n) is 20.3. The van der Waals surface area contributed by atoms with E-state index in [1.165, 1.54) is 0 Å². The molecule has 7 heteroatoms. The van der Waals surface area contributed by atoms with Gasteiger partial charge in [-0.2, -0.15) is 0 Å². The summed E-state index contributed by atoms with van der Waals surface area (Å²) in [5.74, 6) is 1.39. The molecule has 1 heterocycles. The number of carbonyl (C=O) groups excluding carboxylic acids is 2. The molecule has 4 saturated carbocycles. The predicted octanol–water partition coefficient (Wildman–Crippen LogP) is 4.53. The van der Waals surface area contributed by atoms with Gasteiger partial charge in [-0.05, 0) is 67.6 Å². The highest BCUT2D eigenvalue weighted by molar-refractivity contribution is 5.97. The fraction of sp³-hybridized carbons (Fsp3) is 0.500. The lowest BCUT2D eigenvalue weighted by Crippen LogP contribution is -2.67. The van der Waals surface area contributed by atoms with Crippen molar-refractivity contribution < 1.29 is 14.3 Å². The van der Waals surface area contributed by atoms with Crippen LogP contribution < -0.4 is 20.4 Å². The Hall–Kier alpha value is -3.22. The molecule has 0 saturated heterocycles. The number of rotatable bonds is 4. The second-order valence-electron chi connectivity index (χ2n) is 11.0. The van der Waals surface area contributed by atoms with Crippen LogP contribution in [-0.4, -0.2) is 43.8 Å². The zero-order chi connectivity index (χ0) is 24.0. The van der Waals surface area contributed by atoms with Gasteiger partial charge in [0.2, 0.25) is 0 Å². The Labute approximate surface area is 206 Å². The van der Waals surface area contributed by atoms with E-state index < -0.39 is 0 Å². The number of likely N-dealkylation sites (N-methyl/N-ethyl adjacent to an activating group) is 1. The van der Waals surface area contributed by atoms with Crippen molar-refractivity contribution >= 4 is 23.5 Å². The molecule has 2 aromatic carbocycles. The number of para-hydroxylation sites is 2. The molecule has 5 aliphatic rings. The SMILES string of the molecule is CN1CCN(C(=O)N[C@H]2C3CC4CC2C[C@@](NC(=O)OCc2ccccc2)(C4)C3)c2ccccc21. The molecule has 0 spiro atoms. The topological polar surface area (TPSA) is 73.9 Å². The van der Waals surface area contributed by atoms with Crippen molar-refractivity contribution in [3.8, 4) is 0 Å². The number of nitrogens with one attached hydrogen (secondary N) is 2. The smallest absolute Gasteiger partial charge is 0.407 e. The monoisotopic (exact) mass is 474 g/mol. The fourth-order valence-electron chi connectivity index (χ4n) is 7.33. The summed E-state index contributed by atoms with van der Waals surface area (Å²) in [7, 11) is 2.07. The zero-order valence-corrected chi connectivity index (χ0v) is 20.3. The molecule has 184 valence electrons. The Kier molecular flexibility index (Phi) is 5.58. The Balaban J connectivity index is 1.11.